The van der Waals surface area contributed by atoms with Crippen molar-refractivity contribution in [2.75, 3.05) is 26.3 Å². The van der Waals surface area contributed by atoms with E-state index in [0.717, 1.165) is 5.56 Å². The maximum atomic E-state index is 12.7. The number of esters is 1. The van der Waals surface area contributed by atoms with Crippen LogP contribution in [0.2, 0.25) is 0 Å². The molecule has 0 radical (unpaired) electrons. The minimum absolute atomic E-state index is 0.0760. The van der Waals surface area contributed by atoms with Crippen LogP contribution in [0.5, 0.6) is 5.75 Å². The summed E-state index contributed by atoms with van der Waals surface area (Å²) in [5.41, 5.74) is 1.44. The highest BCUT2D eigenvalue weighted by Gasteiger charge is 2.26. The first-order valence-corrected chi connectivity index (χ1v) is 9.95. The standard InChI is InChI=1S/C19H21NO6S/c1-14-5-6-18(21)17(11-14)19(22)26-13-15-3-2-4-16(12-15)27(23,24)20-7-9-25-10-8-20/h2-6,11-12,21H,7-10,13H2,1H3. The SMILES string of the molecule is Cc1ccc(O)c(C(=O)OCc2cccc(S(=O)(=O)N3CCOCC3)c2)c1. The lowest BCUT2D eigenvalue weighted by Gasteiger charge is -2.26. The van der Waals surface area contributed by atoms with E-state index in [1.54, 1.807) is 25.1 Å². The molecule has 1 N–H and O–H groups in total. The van der Waals surface area contributed by atoms with E-state index >= 15 is 0 Å². The lowest BCUT2D eigenvalue weighted by molar-refractivity contribution is 0.0469. The van der Waals surface area contributed by atoms with Crippen LogP contribution in [0.1, 0.15) is 21.5 Å². The topological polar surface area (TPSA) is 93.1 Å². The van der Waals surface area contributed by atoms with E-state index in [1.165, 1.54) is 28.6 Å². The highest BCUT2D eigenvalue weighted by atomic mass is 32.2. The zero-order chi connectivity index (χ0) is 19.4. The molecule has 1 aliphatic heterocycles. The van der Waals surface area contributed by atoms with Crippen LogP contribution in [0, 0.1) is 6.92 Å². The van der Waals surface area contributed by atoms with Crippen molar-refractivity contribution in [1.29, 1.82) is 0 Å². The minimum atomic E-state index is -3.61. The molecule has 0 bridgehead atoms. The van der Waals surface area contributed by atoms with Crippen molar-refractivity contribution in [2.45, 2.75) is 18.4 Å². The van der Waals surface area contributed by atoms with E-state index in [-0.39, 0.29) is 22.8 Å². The van der Waals surface area contributed by atoms with Gasteiger partial charge in [-0.05, 0) is 36.8 Å². The molecule has 0 aliphatic carbocycles. The smallest absolute Gasteiger partial charge is 0.342 e. The van der Waals surface area contributed by atoms with E-state index in [2.05, 4.69) is 0 Å². The first-order chi connectivity index (χ1) is 12.9. The second-order valence-electron chi connectivity index (χ2n) is 6.26. The monoisotopic (exact) mass is 391 g/mol. The molecule has 1 fully saturated rings. The summed E-state index contributed by atoms with van der Waals surface area (Å²) in [6.45, 7) is 3.07. The number of benzene rings is 2. The van der Waals surface area contributed by atoms with Crippen molar-refractivity contribution in [3.8, 4) is 5.75 Å². The van der Waals surface area contributed by atoms with Gasteiger partial charge in [-0.2, -0.15) is 4.31 Å². The summed E-state index contributed by atoms with van der Waals surface area (Å²) in [6, 6.07) is 11.0. The molecule has 0 unspecified atom stereocenters. The Morgan fingerprint density at radius 1 is 1.19 bits per heavy atom. The van der Waals surface area contributed by atoms with Crippen molar-refractivity contribution in [3.63, 3.8) is 0 Å². The number of hydrogen-bond donors (Lipinski definition) is 1. The Bertz CT molecular complexity index is 935. The van der Waals surface area contributed by atoms with Crippen LogP contribution < -0.4 is 0 Å². The Kier molecular flexibility index (Phi) is 5.79. The summed E-state index contributed by atoms with van der Waals surface area (Å²) in [5, 5.41) is 9.80. The number of nitrogens with zero attached hydrogens (tertiary/aromatic N) is 1. The Hall–Kier alpha value is -2.42. The van der Waals surface area contributed by atoms with Crippen LogP contribution in [-0.2, 0) is 26.1 Å². The molecule has 3 rings (SSSR count). The van der Waals surface area contributed by atoms with Gasteiger partial charge in [-0.3, -0.25) is 0 Å². The van der Waals surface area contributed by atoms with Crippen molar-refractivity contribution in [1.82, 2.24) is 4.31 Å². The van der Waals surface area contributed by atoms with E-state index < -0.39 is 16.0 Å². The van der Waals surface area contributed by atoms with Crippen LogP contribution in [0.15, 0.2) is 47.4 Å². The molecule has 8 heteroatoms. The molecule has 1 aliphatic rings. The third-order valence-electron chi connectivity index (χ3n) is 4.25. The summed E-state index contributed by atoms with van der Waals surface area (Å²) < 4.78 is 37.2. The number of carbonyl (C=O) groups excluding carboxylic acids is 1. The third-order valence-corrected chi connectivity index (χ3v) is 6.14. The van der Waals surface area contributed by atoms with Crippen LogP contribution in [0.25, 0.3) is 0 Å². The van der Waals surface area contributed by atoms with Gasteiger partial charge in [0.1, 0.15) is 17.9 Å². The van der Waals surface area contributed by atoms with Gasteiger partial charge < -0.3 is 14.6 Å². The predicted molar refractivity (Wildman–Crippen MR) is 98.0 cm³/mol. The lowest BCUT2D eigenvalue weighted by Crippen LogP contribution is -2.40. The molecule has 0 atom stereocenters. The number of phenolic OH excluding ortho intramolecular Hbond substituents is 1. The summed E-state index contributed by atoms with van der Waals surface area (Å²) >= 11 is 0. The Labute approximate surface area is 158 Å². The summed E-state index contributed by atoms with van der Waals surface area (Å²) in [5.74, 6) is -0.827. The molecule has 27 heavy (non-hydrogen) atoms. The van der Waals surface area contributed by atoms with E-state index in [9.17, 15) is 18.3 Å². The van der Waals surface area contributed by atoms with Crippen LogP contribution in [0.4, 0.5) is 0 Å². The van der Waals surface area contributed by atoms with Gasteiger partial charge in [0, 0.05) is 13.1 Å². The molecular weight excluding hydrogens is 370 g/mol. The maximum absolute atomic E-state index is 12.7. The number of phenols is 1. The number of aromatic hydroxyl groups is 1. The Balaban J connectivity index is 1.72. The number of ether oxygens (including phenoxy) is 2. The number of hydrogen-bond acceptors (Lipinski definition) is 6. The summed E-state index contributed by atoms with van der Waals surface area (Å²) in [7, 11) is -3.61. The van der Waals surface area contributed by atoms with Gasteiger partial charge >= 0.3 is 5.97 Å². The van der Waals surface area contributed by atoms with Gasteiger partial charge in [0.25, 0.3) is 0 Å². The second kappa shape index (κ2) is 8.08. The molecule has 7 nitrogen and oxygen atoms in total. The fourth-order valence-electron chi connectivity index (χ4n) is 2.77. The predicted octanol–water partition coefficient (Wildman–Crippen LogP) is 2.08. The Morgan fingerprint density at radius 3 is 2.67 bits per heavy atom. The number of aryl methyl sites for hydroxylation is 1. The van der Waals surface area contributed by atoms with Gasteiger partial charge in [-0.25, -0.2) is 13.2 Å². The molecule has 144 valence electrons. The molecular formula is C19H21NO6S. The normalized spacial score (nSPS) is 15.4. The highest BCUT2D eigenvalue weighted by molar-refractivity contribution is 7.89. The molecule has 2 aromatic carbocycles. The summed E-state index contributed by atoms with van der Waals surface area (Å²) in [6.07, 6.45) is 0. The lowest BCUT2D eigenvalue weighted by atomic mass is 10.1. The van der Waals surface area contributed by atoms with Gasteiger partial charge in [0.2, 0.25) is 10.0 Å². The van der Waals surface area contributed by atoms with Crippen molar-refractivity contribution >= 4 is 16.0 Å². The van der Waals surface area contributed by atoms with Crippen LogP contribution in [-0.4, -0.2) is 50.1 Å². The number of carbonyl (C=O) groups is 1. The van der Waals surface area contributed by atoms with E-state index in [1.807, 2.05) is 0 Å². The molecule has 0 amide bonds. The quantitative estimate of drug-likeness (QED) is 0.785. The van der Waals surface area contributed by atoms with Crippen molar-refractivity contribution in [2.24, 2.45) is 0 Å². The first-order valence-electron chi connectivity index (χ1n) is 8.51. The van der Waals surface area contributed by atoms with Gasteiger partial charge in [0.15, 0.2) is 0 Å². The molecule has 1 saturated heterocycles. The highest BCUT2D eigenvalue weighted by Crippen LogP contribution is 2.21. The largest absolute Gasteiger partial charge is 0.507 e. The average Bonchev–Trinajstić information content (AvgIpc) is 2.69. The minimum Gasteiger partial charge on any atom is -0.507 e. The van der Waals surface area contributed by atoms with Gasteiger partial charge in [-0.1, -0.05) is 23.8 Å². The number of morpholine rings is 1. The first kappa shape index (κ1) is 19.3. The van der Waals surface area contributed by atoms with Crippen LogP contribution >= 0.6 is 0 Å². The average molecular weight is 391 g/mol. The second-order valence-corrected chi connectivity index (χ2v) is 8.20. The van der Waals surface area contributed by atoms with E-state index in [4.69, 9.17) is 9.47 Å². The van der Waals surface area contributed by atoms with E-state index in [0.29, 0.717) is 31.9 Å². The maximum Gasteiger partial charge on any atom is 0.342 e. The van der Waals surface area contributed by atoms with Crippen LogP contribution in [0.3, 0.4) is 0 Å². The molecule has 1 heterocycles. The zero-order valence-electron chi connectivity index (χ0n) is 14.9. The molecule has 0 spiro atoms. The molecule has 2 aromatic rings. The van der Waals surface area contributed by atoms with Gasteiger partial charge in [0.05, 0.1) is 18.1 Å². The van der Waals surface area contributed by atoms with Crippen molar-refractivity contribution < 1.29 is 27.8 Å². The van der Waals surface area contributed by atoms with Crippen molar-refractivity contribution in [3.05, 3.63) is 59.2 Å². The fraction of sp³-hybridized carbons (Fsp3) is 0.316. The Morgan fingerprint density at radius 2 is 1.93 bits per heavy atom. The van der Waals surface area contributed by atoms with Gasteiger partial charge in [-0.15, -0.1) is 0 Å². The number of rotatable bonds is 5. The molecule has 0 aromatic heterocycles. The third kappa shape index (κ3) is 4.47. The summed E-state index contributed by atoms with van der Waals surface area (Å²) in [4.78, 5) is 12.3. The number of sulfonamides is 1. The molecule has 0 saturated carbocycles. The fourth-order valence-corrected chi connectivity index (χ4v) is 4.25. The zero-order valence-corrected chi connectivity index (χ0v) is 15.7.